The molecule has 3 N–H and O–H groups in total. The Hall–Kier alpha value is -3.35. The first kappa shape index (κ1) is 23.4. The minimum absolute atomic E-state index is 0.000734. The third-order valence-corrected chi connectivity index (χ3v) is 8.45. The standard InChI is InChI=1S/C28H32N2O5/c1-18(24(31)30-17-28(25(32)33)16-27(28)12-6-13-27)11-14-29-26(34)35-15-23-21-9-4-2-7-19(21)20-8-3-5-10-22(20)23/h2-5,7-10,18,23H,6,11-17H2,1H3,(H,29,34)(H,30,31)(H,32,33). The van der Waals surface area contributed by atoms with Crippen molar-refractivity contribution in [1.29, 1.82) is 0 Å². The summed E-state index contributed by atoms with van der Waals surface area (Å²) in [6, 6.07) is 16.4. The van der Waals surface area contributed by atoms with Crippen LogP contribution in [0.1, 0.15) is 56.1 Å². The topological polar surface area (TPSA) is 105 Å². The lowest BCUT2D eigenvalue weighted by molar-refractivity contribution is -0.146. The number of carboxylic acid groups (broad SMARTS) is 1. The van der Waals surface area contributed by atoms with E-state index in [0.717, 1.165) is 30.4 Å². The Labute approximate surface area is 205 Å². The summed E-state index contributed by atoms with van der Waals surface area (Å²) in [5.74, 6) is -1.32. The van der Waals surface area contributed by atoms with Gasteiger partial charge in [-0.25, -0.2) is 4.79 Å². The van der Waals surface area contributed by atoms with Gasteiger partial charge in [-0.05, 0) is 53.4 Å². The molecule has 2 fully saturated rings. The minimum atomic E-state index is -0.804. The summed E-state index contributed by atoms with van der Waals surface area (Å²) >= 11 is 0. The fourth-order valence-electron chi connectivity index (χ4n) is 6.00. The Morgan fingerprint density at radius 3 is 2.20 bits per heavy atom. The summed E-state index contributed by atoms with van der Waals surface area (Å²) in [4.78, 5) is 36.6. The maximum Gasteiger partial charge on any atom is 0.407 e. The van der Waals surface area contributed by atoms with E-state index in [1.54, 1.807) is 6.92 Å². The maximum absolute atomic E-state index is 12.5. The van der Waals surface area contributed by atoms with E-state index in [4.69, 9.17) is 4.74 Å². The minimum Gasteiger partial charge on any atom is -0.481 e. The highest BCUT2D eigenvalue weighted by Gasteiger charge is 2.73. The highest BCUT2D eigenvalue weighted by atomic mass is 16.5. The van der Waals surface area contributed by atoms with Crippen molar-refractivity contribution in [2.75, 3.05) is 19.7 Å². The lowest BCUT2D eigenvalue weighted by Gasteiger charge is -2.31. The zero-order valence-electron chi connectivity index (χ0n) is 20.0. The number of ether oxygens (including phenoxy) is 1. The molecular formula is C28H32N2O5. The molecule has 0 aliphatic heterocycles. The number of nitrogens with one attached hydrogen (secondary N) is 2. The first-order valence-electron chi connectivity index (χ1n) is 12.5. The van der Waals surface area contributed by atoms with Gasteiger partial charge in [-0.15, -0.1) is 0 Å². The maximum atomic E-state index is 12.5. The first-order valence-corrected chi connectivity index (χ1v) is 12.5. The zero-order valence-corrected chi connectivity index (χ0v) is 20.0. The van der Waals surface area contributed by atoms with Crippen molar-refractivity contribution in [3.8, 4) is 11.1 Å². The Morgan fingerprint density at radius 1 is 1.03 bits per heavy atom. The van der Waals surface area contributed by atoms with E-state index in [-0.39, 0.29) is 36.3 Å². The fourth-order valence-corrected chi connectivity index (χ4v) is 6.00. The third-order valence-electron chi connectivity index (χ3n) is 8.45. The Morgan fingerprint density at radius 2 is 1.66 bits per heavy atom. The van der Waals surface area contributed by atoms with Gasteiger partial charge in [0.15, 0.2) is 0 Å². The molecule has 0 radical (unpaired) electrons. The van der Waals surface area contributed by atoms with E-state index in [0.29, 0.717) is 19.4 Å². The van der Waals surface area contributed by atoms with E-state index in [2.05, 4.69) is 34.9 Å². The van der Waals surface area contributed by atoms with Gasteiger partial charge in [-0.3, -0.25) is 9.59 Å². The van der Waals surface area contributed by atoms with Crippen LogP contribution in [0, 0.1) is 16.7 Å². The second kappa shape index (κ2) is 9.02. The van der Waals surface area contributed by atoms with Crippen LogP contribution in [0.4, 0.5) is 4.79 Å². The van der Waals surface area contributed by atoms with Gasteiger partial charge < -0.3 is 20.5 Å². The summed E-state index contributed by atoms with van der Waals surface area (Å²) < 4.78 is 5.53. The summed E-state index contributed by atoms with van der Waals surface area (Å²) in [6.45, 7) is 2.52. The SMILES string of the molecule is CC(CCNC(=O)OCC1c2ccccc2-c2ccccc21)C(=O)NCC1(C(=O)O)CC12CCC2. The smallest absolute Gasteiger partial charge is 0.407 e. The van der Waals surface area contributed by atoms with E-state index < -0.39 is 17.5 Å². The van der Waals surface area contributed by atoms with Crippen molar-refractivity contribution >= 4 is 18.0 Å². The first-order chi connectivity index (χ1) is 16.9. The number of alkyl carbamates (subject to hydrolysis) is 1. The van der Waals surface area contributed by atoms with Crippen LogP contribution in [0.25, 0.3) is 11.1 Å². The average Bonchev–Trinajstić information content (AvgIpc) is 3.46. The van der Waals surface area contributed by atoms with Gasteiger partial charge in [0.2, 0.25) is 5.91 Å². The molecule has 0 saturated heterocycles. The van der Waals surface area contributed by atoms with Gasteiger partial charge in [0, 0.05) is 24.9 Å². The summed E-state index contributed by atoms with van der Waals surface area (Å²) in [5, 5.41) is 15.3. The van der Waals surface area contributed by atoms with E-state index >= 15 is 0 Å². The Kier molecular flexibility index (Phi) is 6.03. The molecule has 2 aromatic rings. The fraction of sp³-hybridized carbons (Fsp3) is 0.464. The number of amides is 2. The number of aliphatic carboxylic acids is 1. The van der Waals surface area contributed by atoms with Gasteiger partial charge in [0.25, 0.3) is 0 Å². The van der Waals surface area contributed by atoms with Crippen LogP contribution < -0.4 is 10.6 Å². The molecule has 2 unspecified atom stereocenters. The molecule has 3 aliphatic carbocycles. The Bertz CT molecular complexity index is 1110. The number of carbonyl (C=O) groups excluding carboxylic acids is 2. The van der Waals surface area contributed by atoms with Gasteiger partial charge >= 0.3 is 12.1 Å². The molecule has 3 aliphatic rings. The van der Waals surface area contributed by atoms with Crippen LogP contribution in [0.3, 0.4) is 0 Å². The van der Waals surface area contributed by atoms with Crippen molar-refractivity contribution in [2.24, 2.45) is 16.7 Å². The van der Waals surface area contributed by atoms with Crippen LogP contribution in [0.2, 0.25) is 0 Å². The van der Waals surface area contributed by atoms with Gasteiger partial charge in [0.05, 0.1) is 5.41 Å². The number of hydrogen-bond acceptors (Lipinski definition) is 4. The van der Waals surface area contributed by atoms with Crippen molar-refractivity contribution in [3.05, 3.63) is 59.7 Å². The summed E-state index contributed by atoms with van der Waals surface area (Å²) in [7, 11) is 0. The lowest BCUT2D eigenvalue weighted by Crippen LogP contribution is -2.41. The second-order valence-corrected chi connectivity index (χ2v) is 10.4. The number of carbonyl (C=O) groups is 3. The molecule has 7 heteroatoms. The molecule has 2 amide bonds. The van der Waals surface area contributed by atoms with Gasteiger partial charge in [0.1, 0.15) is 6.61 Å². The van der Waals surface area contributed by atoms with Crippen LogP contribution in [-0.2, 0) is 14.3 Å². The van der Waals surface area contributed by atoms with Crippen molar-refractivity contribution in [3.63, 3.8) is 0 Å². The normalized spacial score (nSPS) is 21.9. The molecule has 0 bridgehead atoms. The molecule has 0 aromatic heterocycles. The second-order valence-electron chi connectivity index (χ2n) is 10.4. The number of fused-ring (bicyclic) bond motifs is 3. The molecule has 7 nitrogen and oxygen atoms in total. The highest BCUT2D eigenvalue weighted by molar-refractivity contribution is 5.83. The van der Waals surface area contributed by atoms with Crippen LogP contribution in [0.15, 0.2) is 48.5 Å². The number of benzene rings is 2. The molecule has 5 rings (SSSR count). The van der Waals surface area contributed by atoms with Crippen LogP contribution in [-0.4, -0.2) is 42.8 Å². The molecule has 2 aromatic carbocycles. The van der Waals surface area contributed by atoms with Gasteiger partial charge in [-0.2, -0.15) is 0 Å². The van der Waals surface area contributed by atoms with Crippen molar-refractivity contribution < 1.29 is 24.2 Å². The van der Waals surface area contributed by atoms with Crippen LogP contribution in [0.5, 0.6) is 0 Å². The lowest BCUT2D eigenvalue weighted by atomic mass is 9.75. The quantitative estimate of drug-likeness (QED) is 0.500. The molecule has 0 heterocycles. The number of hydrogen-bond donors (Lipinski definition) is 3. The third kappa shape index (κ3) is 4.07. The largest absolute Gasteiger partial charge is 0.481 e. The van der Waals surface area contributed by atoms with E-state index in [1.807, 2.05) is 24.3 Å². The predicted octanol–water partition coefficient (Wildman–Crippen LogP) is 4.31. The molecule has 1 spiro atoms. The van der Waals surface area contributed by atoms with Crippen molar-refractivity contribution in [2.45, 2.75) is 44.9 Å². The molecular weight excluding hydrogens is 444 g/mol. The average molecular weight is 477 g/mol. The van der Waals surface area contributed by atoms with Crippen molar-refractivity contribution in [1.82, 2.24) is 10.6 Å². The van der Waals surface area contributed by atoms with E-state index in [9.17, 15) is 19.5 Å². The summed E-state index contributed by atoms with van der Waals surface area (Å²) in [6.07, 6.45) is 3.55. The molecule has 184 valence electrons. The number of rotatable bonds is 9. The van der Waals surface area contributed by atoms with Gasteiger partial charge in [-0.1, -0.05) is 61.9 Å². The van der Waals surface area contributed by atoms with Crippen LogP contribution >= 0.6 is 0 Å². The zero-order chi connectivity index (χ0) is 24.6. The molecule has 2 atom stereocenters. The van der Waals surface area contributed by atoms with E-state index in [1.165, 1.54) is 11.1 Å². The highest BCUT2D eigenvalue weighted by Crippen LogP contribution is 2.73. The molecule has 35 heavy (non-hydrogen) atoms. The summed E-state index contributed by atoms with van der Waals surface area (Å²) in [5.41, 5.74) is 3.78. The Balaban J connectivity index is 1.06. The number of carboxylic acids is 1. The molecule has 2 saturated carbocycles. The predicted molar refractivity (Wildman–Crippen MR) is 131 cm³/mol. The monoisotopic (exact) mass is 476 g/mol.